The van der Waals surface area contributed by atoms with Gasteiger partial charge in [-0.05, 0) is 42.2 Å². The van der Waals surface area contributed by atoms with E-state index in [2.05, 4.69) is 13.8 Å². The number of rotatable bonds is 4. The molecule has 0 fully saturated rings. The van der Waals surface area contributed by atoms with Crippen LogP contribution >= 0.6 is 0 Å². The molecule has 0 saturated carbocycles. The lowest BCUT2D eigenvalue weighted by Gasteiger charge is -2.10. The number of benzene rings is 2. The molecule has 0 saturated heterocycles. The van der Waals surface area contributed by atoms with Crippen LogP contribution in [-0.4, -0.2) is 11.1 Å². The lowest BCUT2D eigenvalue weighted by atomic mass is 9.98. The minimum absolute atomic E-state index is 0.0444. The fourth-order valence-electron chi connectivity index (χ4n) is 1.89. The number of phenolic OH excluding ortho intramolecular Hbond substituents is 1. The summed E-state index contributed by atoms with van der Waals surface area (Å²) < 4.78 is 5.17. The van der Waals surface area contributed by atoms with Crippen molar-refractivity contribution in [1.82, 2.24) is 0 Å². The molecule has 3 nitrogen and oxygen atoms in total. The molecule has 0 aliphatic rings. The van der Waals surface area contributed by atoms with Crippen molar-refractivity contribution in [3.63, 3.8) is 0 Å². The van der Waals surface area contributed by atoms with E-state index in [1.807, 2.05) is 12.1 Å². The van der Waals surface area contributed by atoms with Gasteiger partial charge in [-0.25, -0.2) is 4.79 Å². The van der Waals surface area contributed by atoms with Crippen molar-refractivity contribution in [3.05, 3.63) is 59.7 Å². The first kappa shape index (κ1) is 14.1. The lowest BCUT2D eigenvalue weighted by molar-refractivity contribution is 0.0729. The van der Waals surface area contributed by atoms with Crippen LogP contribution in [0.1, 0.15) is 42.1 Å². The van der Waals surface area contributed by atoms with Gasteiger partial charge in [0.25, 0.3) is 0 Å². The highest BCUT2D eigenvalue weighted by molar-refractivity contribution is 5.91. The molecule has 1 unspecified atom stereocenters. The molecule has 0 aliphatic carbocycles. The molecule has 0 aromatic heterocycles. The summed E-state index contributed by atoms with van der Waals surface area (Å²) in [5, 5.41) is 9.58. The molecule has 0 radical (unpaired) electrons. The van der Waals surface area contributed by atoms with Gasteiger partial charge in [-0.2, -0.15) is 0 Å². The van der Waals surface area contributed by atoms with Gasteiger partial charge in [0, 0.05) is 0 Å². The highest BCUT2D eigenvalue weighted by Gasteiger charge is 2.11. The van der Waals surface area contributed by atoms with E-state index in [0.717, 1.165) is 6.42 Å². The maximum atomic E-state index is 12.0. The molecule has 1 N–H and O–H groups in total. The summed E-state index contributed by atoms with van der Waals surface area (Å²) in [6.07, 6.45) is 1.06. The molecule has 2 aromatic carbocycles. The van der Waals surface area contributed by atoms with Crippen molar-refractivity contribution in [2.24, 2.45) is 0 Å². The minimum atomic E-state index is -0.470. The van der Waals surface area contributed by atoms with Gasteiger partial charge in [0.05, 0.1) is 5.56 Å². The van der Waals surface area contributed by atoms with Gasteiger partial charge < -0.3 is 9.84 Å². The monoisotopic (exact) mass is 270 g/mol. The van der Waals surface area contributed by atoms with Gasteiger partial charge in [0.1, 0.15) is 0 Å². The van der Waals surface area contributed by atoms with Gasteiger partial charge in [-0.3, -0.25) is 0 Å². The van der Waals surface area contributed by atoms with Gasteiger partial charge in [-0.1, -0.05) is 38.1 Å². The smallest absolute Gasteiger partial charge is 0.343 e. The van der Waals surface area contributed by atoms with Crippen LogP contribution in [0.25, 0.3) is 0 Å². The van der Waals surface area contributed by atoms with Crippen LogP contribution < -0.4 is 4.74 Å². The molecular formula is C17H18O3. The highest BCUT2D eigenvalue weighted by atomic mass is 16.5. The quantitative estimate of drug-likeness (QED) is 0.671. The van der Waals surface area contributed by atoms with Crippen LogP contribution in [0.15, 0.2) is 48.5 Å². The summed E-state index contributed by atoms with van der Waals surface area (Å²) in [4.78, 5) is 12.0. The number of ether oxygens (including phenoxy) is 1. The Kier molecular flexibility index (Phi) is 4.41. The molecular weight excluding hydrogens is 252 g/mol. The van der Waals surface area contributed by atoms with Crippen molar-refractivity contribution in [3.8, 4) is 11.5 Å². The van der Waals surface area contributed by atoms with Crippen LogP contribution in [0.4, 0.5) is 0 Å². The zero-order valence-corrected chi connectivity index (χ0v) is 11.7. The third kappa shape index (κ3) is 3.18. The average molecular weight is 270 g/mol. The van der Waals surface area contributed by atoms with Gasteiger partial charge >= 0.3 is 5.97 Å². The summed E-state index contributed by atoms with van der Waals surface area (Å²) >= 11 is 0. The van der Waals surface area contributed by atoms with Gasteiger partial charge in [0.2, 0.25) is 0 Å². The summed E-state index contributed by atoms with van der Waals surface area (Å²) in [6, 6.07) is 13.8. The highest BCUT2D eigenvalue weighted by Crippen LogP contribution is 2.25. The second kappa shape index (κ2) is 6.24. The maximum absolute atomic E-state index is 12.0. The molecule has 3 heteroatoms. The number of hydrogen-bond acceptors (Lipinski definition) is 3. The molecule has 104 valence electrons. The third-order valence-electron chi connectivity index (χ3n) is 3.40. The van der Waals surface area contributed by atoms with Crippen molar-refractivity contribution >= 4 is 5.97 Å². The van der Waals surface area contributed by atoms with Gasteiger partial charge in [0.15, 0.2) is 11.5 Å². The Morgan fingerprint density at radius 2 is 1.80 bits per heavy atom. The van der Waals surface area contributed by atoms with Crippen LogP contribution in [0, 0.1) is 0 Å². The maximum Gasteiger partial charge on any atom is 0.343 e. The molecule has 0 bridgehead atoms. The predicted octanol–water partition coefficient (Wildman–Crippen LogP) is 4.12. The van der Waals surface area contributed by atoms with Crippen molar-refractivity contribution in [2.75, 3.05) is 0 Å². The van der Waals surface area contributed by atoms with E-state index < -0.39 is 5.97 Å². The fourth-order valence-corrected chi connectivity index (χ4v) is 1.89. The first-order valence-electron chi connectivity index (χ1n) is 6.72. The van der Waals surface area contributed by atoms with E-state index in [1.165, 1.54) is 11.6 Å². The molecule has 0 amide bonds. The zero-order valence-electron chi connectivity index (χ0n) is 11.7. The Labute approximate surface area is 118 Å². The van der Waals surface area contributed by atoms with Crippen molar-refractivity contribution < 1.29 is 14.6 Å². The first-order valence-corrected chi connectivity index (χ1v) is 6.72. The normalized spacial score (nSPS) is 11.9. The topological polar surface area (TPSA) is 46.5 Å². The minimum Gasteiger partial charge on any atom is -0.504 e. The Balaban J connectivity index is 2.12. The average Bonchev–Trinajstić information content (AvgIpc) is 2.49. The number of para-hydroxylation sites is 2. The Hall–Kier alpha value is -2.29. The largest absolute Gasteiger partial charge is 0.504 e. The number of carbonyl (C=O) groups is 1. The SMILES string of the molecule is CCC(C)c1ccc(C(=O)Oc2ccccc2O)cc1. The van der Waals surface area contributed by atoms with Crippen LogP contribution in [0.5, 0.6) is 11.5 Å². The molecule has 2 rings (SSSR count). The van der Waals surface area contributed by atoms with Crippen LogP contribution in [0.3, 0.4) is 0 Å². The van der Waals surface area contributed by atoms with Crippen LogP contribution in [-0.2, 0) is 0 Å². The zero-order chi connectivity index (χ0) is 14.5. The van der Waals surface area contributed by atoms with E-state index in [-0.39, 0.29) is 11.5 Å². The number of esters is 1. The fraction of sp³-hybridized carbons (Fsp3) is 0.235. The summed E-state index contributed by atoms with van der Waals surface area (Å²) in [7, 11) is 0. The van der Waals surface area contributed by atoms with E-state index in [9.17, 15) is 9.90 Å². The molecule has 0 aliphatic heterocycles. The third-order valence-corrected chi connectivity index (χ3v) is 3.40. The Morgan fingerprint density at radius 3 is 2.40 bits per heavy atom. The standard InChI is InChI=1S/C17H18O3/c1-3-12(2)13-8-10-14(11-9-13)17(19)20-16-7-5-4-6-15(16)18/h4-12,18H,3H2,1-2H3. The first-order chi connectivity index (χ1) is 9.61. The molecule has 0 spiro atoms. The summed E-state index contributed by atoms with van der Waals surface area (Å²) in [5.41, 5.74) is 1.67. The number of hydrogen-bond donors (Lipinski definition) is 1. The molecule has 2 aromatic rings. The van der Waals surface area contributed by atoms with Crippen LogP contribution in [0.2, 0.25) is 0 Å². The van der Waals surface area contributed by atoms with Crippen molar-refractivity contribution in [2.45, 2.75) is 26.2 Å². The van der Waals surface area contributed by atoms with E-state index in [4.69, 9.17) is 4.74 Å². The van der Waals surface area contributed by atoms with Gasteiger partial charge in [-0.15, -0.1) is 0 Å². The predicted molar refractivity (Wildman–Crippen MR) is 78.2 cm³/mol. The number of aromatic hydroxyl groups is 1. The van der Waals surface area contributed by atoms with E-state index in [0.29, 0.717) is 11.5 Å². The molecule has 1 atom stereocenters. The molecule has 20 heavy (non-hydrogen) atoms. The van der Waals surface area contributed by atoms with E-state index >= 15 is 0 Å². The Bertz CT molecular complexity index is 587. The second-order valence-electron chi connectivity index (χ2n) is 4.79. The number of carbonyl (C=O) groups excluding carboxylic acids is 1. The number of phenols is 1. The van der Waals surface area contributed by atoms with E-state index in [1.54, 1.807) is 30.3 Å². The Morgan fingerprint density at radius 1 is 1.15 bits per heavy atom. The second-order valence-corrected chi connectivity index (χ2v) is 4.79. The molecule has 0 heterocycles. The summed E-state index contributed by atoms with van der Waals surface area (Å²) in [5.74, 6) is 0.126. The van der Waals surface area contributed by atoms with Crippen molar-refractivity contribution in [1.29, 1.82) is 0 Å². The lowest BCUT2D eigenvalue weighted by Crippen LogP contribution is -2.08. The summed E-state index contributed by atoms with van der Waals surface area (Å²) in [6.45, 7) is 4.28.